The van der Waals surface area contributed by atoms with E-state index < -0.39 is 18.0 Å². The summed E-state index contributed by atoms with van der Waals surface area (Å²) in [6.45, 7) is 9.10. The lowest BCUT2D eigenvalue weighted by Gasteiger charge is -2.35. The number of hydrogen-bond acceptors (Lipinski definition) is 11. The van der Waals surface area contributed by atoms with Gasteiger partial charge in [0.25, 0.3) is 5.91 Å². The van der Waals surface area contributed by atoms with Gasteiger partial charge in [0.05, 0.1) is 18.0 Å². The summed E-state index contributed by atoms with van der Waals surface area (Å²) in [6, 6.07) is -0.549. The summed E-state index contributed by atoms with van der Waals surface area (Å²) in [4.78, 5) is 61.4. The number of amides is 2. The normalized spacial score (nSPS) is 16.2. The smallest absolute Gasteiger partial charge is 0.308 e. The maximum atomic E-state index is 13.3. The topological polar surface area (TPSA) is 128 Å². The third-order valence-corrected chi connectivity index (χ3v) is 10.6. The Morgan fingerprint density at radius 3 is 2.36 bits per heavy atom. The molecular formula is C29H42N4O6S3. The molecule has 0 bridgehead atoms. The molecule has 2 aromatic heterocycles. The first-order chi connectivity index (χ1) is 19.9. The van der Waals surface area contributed by atoms with Gasteiger partial charge in [0.1, 0.15) is 10.7 Å². The number of carbonyl (C=O) groups is 4. The van der Waals surface area contributed by atoms with Gasteiger partial charge in [-0.2, -0.15) is 11.8 Å². The van der Waals surface area contributed by atoms with Gasteiger partial charge in [0, 0.05) is 61.8 Å². The molecule has 1 N–H and O–H groups in total. The molecule has 13 heteroatoms. The van der Waals surface area contributed by atoms with Crippen molar-refractivity contribution in [1.29, 1.82) is 0 Å². The molecule has 10 nitrogen and oxygen atoms in total. The molecule has 0 spiro atoms. The van der Waals surface area contributed by atoms with E-state index >= 15 is 0 Å². The SMILES string of the molecule is COC(=O)[C@@H](C)C[C@H](Cc1nc(C)cs1)NC(=O)c1csc([C@@H](CC(C(C)C)N(C)C(=O)CC2CSC2)OC(C)=O)n1. The van der Waals surface area contributed by atoms with Gasteiger partial charge in [-0.25, -0.2) is 9.97 Å². The van der Waals surface area contributed by atoms with E-state index in [-0.39, 0.29) is 41.5 Å². The minimum absolute atomic E-state index is 0.0856. The molecule has 1 saturated heterocycles. The van der Waals surface area contributed by atoms with Crippen LogP contribution in [0.5, 0.6) is 0 Å². The minimum Gasteiger partial charge on any atom is -0.469 e. The summed E-state index contributed by atoms with van der Waals surface area (Å²) < 4.78 is 10.6. The first-order valence-corrected chi connectivity index (χ1v) is 17.0. The Hall–Kier alpha value is -2.51. The van der Waals surface area contributed by atoms with Crippen LogP contribution in [-0.4, -0.2) is 76.4 Å². The lowest BCUT2D eigenvalue weighted by atomic mass is 9.95. The maximum Gasteiger partial charge on any atom is 0.308 e. The Balaban J connectivity index is 1.75. The number of aryl methyl sites for hydroxylation is 1. The summed E-state index contributed by atoms with van der Waals surface area (Å²) in [7, 11) is 3.15. The van der Waals surface area contributed by atoms with E-state index in [0.29, 0.717) is 36.6 Å². The van der Waals surface area contributed by atoms with Gasteiger partial charge in [0.15, 0.2) is 6.10 Å². The van der Waals surface area contributed by atoms with Crippen LogP contribution < -0.4 is 5.32 Å². The lowest BCUT2D eigenvalue weighted by molar-refractivity contribution is -0.148. The van der Waals surface area contributed by atoms with E-state index in [1.54, 1.807) is 17.2 Å². The van der Waals surface area contributed by atoms with Crippen LogP contribution in [0.1, 0.15) is 79.3 Å². The van der Waals surface area contributed by atoms with Crippen molar-refractivity contribution in [2.24, 2.45) is 17.8 Å². The number of thiazole rings is 2. The molecule has 42 heavy (non-hydrogen) atoms. The Morgan fingerprint density at radius 1 is 1.10 bits per heavy atom. The molecule has 1 fully saturated rings. The molecule has 1 aliphatic rings. The number of hydrogen-bond donors (Lipinski definition) is 1. The van der Waals surface area contributed by atoms with Crippen molar-refractivity contribution in [3.05, 3.63) is 32.2 Å². The molecule has 1 aliphatic heterocycles. The molecule has 0 radical (unpaired) electrons. The standard InChI is InChI=1S/C29H42N4O6S3/c1-16(2)23(33(6)26(35)9-20-13-40-14-20)11-24(39-19(5)34)28-32-22(15-42-28)27(36)31-21(8-17(3)29(37)38-7)10-25-30-18(4)12-41-25/h12,15-17,20-21,23-24H,8-11,13-14H2,1-7H3,(H,31,36)/t17-,21+,23?,24+/m0/s1. The van der Waals surface area contributed by atoms with Gasteiger partial charge < -0.3 is 19.7 Å². The van der Waals surface area contributed by atoms with Crippen molar-refractivity contribution in [1.82, 2.24) is 20.2 Å². The van der Waals surface area contributed by atoms with Crippen molar-refractivity contribution in [2.45, 2.75) is 78.5 Å². The number of carbonyl (C=O) groups excluding carboxylic acids is 4. The lowest BCUT2D eigenvalue weighted by Crippen LogP contribution is -2.43. The van der Waals surface area contributed by atoms with Crippen molar-refractivity contribution in [3.63, 3.8) is 0 Å². The Morgan fingerprint density at radius 2 is 1.81 bits per heavy atom. The van der Waals surface area contributed by atoms with Gasteiger partial charge in [-0.05, 0) is 36.7 Å². The molecule has 0 aromatic carbocycles. The Kier molecular flexibility index (Phi) is 12.8. The van der Waals surface area contributed by atoms with Crippen LogP contribution in [0, 0.1) is 24.7 Å². The van der Waals surface area contributed by atoms with Gasteiger partial charge in [-0.15, -0.1) is 22.7 Å². The van der Waals surface area contributed by atoms with Crippen LogP contribution in [0.25, 0.3) is 0 Å². The van der Waals surface area contributed by atoms with Crippen LogP contribution in [0.4, 0.5) is 0 Å². The fourth-order valence-corrected chi connectivity index (χ4v) is 7.40. The minimum atomic E-state index is -0.704. The molecule has 0 aliphatic carbocycles. The largest absolute Gasteiger partial charge is 0.469 e. The number of nitrogens with zero attached hydrogens (tertiary/aromatic N) is 3. The summed E-state index contributed by atoms with van der Waals surface area (Å²) >= 11 is 4.60. The second-order valence-corrected chi connectivity index (χ2v) is 14.2. The zero-order chi connectivity index (χ0) is 31.0. The molecule has 2 amide bonds. The van der Waals surface area contributed by atoms with E-state index in [2.05, 4.69) is 15.3 Å². The van der Waals surface area contributed by atoms with Crippen molar-refractivity contribution < 1.29 is 28.7 Å². The summed E-state index contributed by atoms with van der Waals surface area (Å²) in [5.41, 5.74) is 1.10. The third-order valence-electron chi connectivity index (χ3n) is 7.29. The number of nitrogens with one attached hydrogen (secondary N) is 1. The van der Waals surface area contributed by atoms with Crippen LogP contribution in [0.3, 0.4) is 0 Å². The first kappa shape index (κ1) is 34.0. The third kappa shape index (κ3) is 9.77. The monoisotopic (exact) mass is 638 g/mol. The van der Waals surface area contributed by atoms with E-state index in [1.165, 1.54) is 36.7 Å². The summed E-state index contributed by atoms with van der Waals surface area (Å²) in [5, 5.41) is 7.96. The second-order valence-electron chi connectivity index (χ2n) is 11.2. The average molecular weight is 639 g/mol. The number of methoxy groups -OCH3 is 1. The van der Waals surface area contributed by atoms with E-state index in [4.69, 9.17) is 9.47 Å². The summed E-state index contributed by atoms with van der Waals surface area (Å²) in [5.74, 6) is 1.03. The molecule has 2 aromatic rings. The van der Waals surface area contributed by atoms with E-state index in [1.807, 2.05) is 45.0 Å². The molecule has 232 valence electrons. The van der Waals surface area contributed by atoms with Gasteiger partial charge >= 0.3 is 11.9 Å². The number of ether oxygens (including phenoxy) is 2. The molecule has 4 atom stereocenters. The van der Waals surface area contributed by atoms with Crippen LogP contribution in [0.15, 0.2) is 10.8 Å². The number of rotatable bonds is 15. The van der Waals surface area contributed by atoms with E-state index in [0.717, 1.165) is 22.2 Å². The highest BCUT2D eigenvalue weighted by molar-refractivity contribution is 8.00. The van der Waals surface area contributed by atoms with Gasteiger partial charge in [-0.1, -0.05) is 20.8 Å². The highest BCUT2D eigenvalue weighted by Gasteiger charge is 2.32. The number of esters is 2. The highest BCUT2D eigenvalue weighted by atomic mass is 32.2. The molecule has 0 saturated carbocycles. The highest BCUT2D eigenvalue weighted by Crippen LogP contribution is 2.32. The molecule has 3 rings (SSSR count). The van der Waals surface area contributed by atoms with Gasteiger partial charge in [0.2, 0.25) is 5.91 Å². The fraction of sp³-hybridized carbons (Fsp3) is 0.655. The summed E-state index contributed by atoms with van der Waals surface area (Å²) in [6.07, 6.45) is 1.03. The van der Waals surface area contributed by atoms with Gasteiger partial charge in [-0.3, -0.25) is 19.2 Å². The zero-order valence-corrected chi connectivity index (χ0v) is 27.8. The molecular weight excluding hydrogens is 597 g/mol. The second kappa shape index (κ2) is 15.8. The maximum absolute atomic E-state index is 13.3. The Bertz CT molecular complexity index is 1230. The van der Waals surface area contributed by atoms with Crippen LogP contribution in [-0.2, 0) is 30.3 Å². The van der Waals surface area contributed by atoms with E-state index in [9.17, 15) is 19.2 Å². The van der Waals surface area contributed by atoms with Crippen molar-refractivity contribution in [2.75, 3.05) is 25.7 Å². The predicted octanol–water partition coefficient (Wildman–Crippen LogP) is 4.68. The number of aromatic nitrogens is 2. The quantitative estimate of drug-likeness (QED) is 0.277. The van der Waals surface area contributed by atoms with Crippen LogP contribution >= 0.6 is 34.4 Å². The zero-order valence-electron chi connectivity index (χ0n) is 25.4. The first-order valence-electron chi connectivity index (χ1n) is 14.1. The molecule has 3 heterocycles. The van der Waals surface area contributed by atoms with Crippen LogP contribution in [0.2, 0.25) is 0 Å². The van der Waals surface area contributed by atoms with Crippen molar-refractivity contribution in [3.8, 4) is 0 Å². The fourth-order valence-electron chi connectivity index (χ4n) is 4.90. The van der Waals surface area contributed by atoms with Crippen molar-refractivity contribution >= 4 is 58.2 Å². The predicted molar refractivity (Wildman–Crippen MR) is 166 cm³/mol. The molecule has 1 unspecified atom stereocenters. The Labute approximate surface area is 260 Å². The number of thioether (sulfide) groups is 1. The average Bonchev–Trinajstić information content (AvgIpc) is 3.56.